The van der Waals surface area contributed by atoms with Crippen molar-refractivity contribution in [1.29, 1.82) is 0 Å². The summed E-state index contributed by atoms with van der Waals surface area (Å²) >= 11 is 3.49. The first-order chi connectivity index (χ1) is 9.60. The van der Waals surface area contributed by atoms with E-state index in [0.717, 1.165) is 40.9 Å². The molecule has 20 heavy (non-hydrogen) atoms. The molecule has 1 aromatic rings. The molecule has 1 aromatic carbocycles. The number of halogens is 1. The fourth-order valence-corrected chi connectivity index (χ4v) is 3.62. The maximum absolute atomic E-state index is 9.78. The van der Waals surface area contributed by atoms with Crippen LogP contribution >= 0.6 is 15.9 Å². The molecule has 1 aliphatic rings. The number of aryl methyl sites for hydroxylation is 1. The van der Waals surface area contributed by atoms with E-state index in [1.165, 1.54) is 19.3 Å². The first kappa shape index (κ1) is 15.6. The Kier molecular flexibility index (Phi) is 5.33. The smallest absolute Gasteiger partial charge is 0.143 e. The summed E-state index contributed by atoms with van der Waals surface area (Å²) in [4.78, 5) is 0. The molecule has 1 fully saturated rings. The van der Waals surface area contributed by atoms with Crippen molar-refractivity contribution in [1.82, 2.24) is 0 Å². The van der Waals surface area contributed by atoms with Gasteiger partial charge in [-0.05, 0) is 37.5 Å². The summed E-state index contributed by atoms with van der Waals surface area (Å²) in [5.74, 6) is 0.848. The minimum absolute atomic E-state index is 0.0305. The molecular formula is C16H24BrNO2. The predicted molar refractivity (Wildman–Crippen MR) is 86.5 cm³/mol. The molecule has 0 aromatic heterocycles. The molecule has 0 unspecified atom stereocenters. The van der Waals surface area contributed by atoms with Crippen molar-refractivity contribution in [2.75, 3.05) is 25.6 Å². The maximum Gasteiger partial charge on any atom is 0.143 e. The van der Waals surface area contributed by atoms with Crippen molar-refractivity contribution in [3.63, 3.8) is 0 Å². The van der Waals surface area contributed by atoms with Crippen molar-refractivity contribution < 1.29 is 9.84 Å². The highest BCUT2D eigenvalue weighted by Crippen LogP contribution is 2.38. The number of nitrogens with one attached hydrogen (secondary N) is 1. The van der Waals surface area contributed by atoms with E-state index in [1.54, 1.807) is 7.11 Å². The Hall–Kier alpha value is -0.740. The number of methoxy groups -OCH3 is 1. The van der Waals surface area contributed by atoms with E-state index in [2.05, 4.69) is 34.2 Å². The fourth-order valence-electron chi connectivity index (χ4n) is 3.07. The highest BCUT2D eigenvalue weighted by Gasteiger charge is 2.31. The van der Waals surface area contributed by atoms with Gasteiger partial charge in [-0.1, -0.05) is 35.2 Å². The Morgan fingerprint density at radius 3 is 2.60 bits per heavy atom. The molecule has 2 rings (SSSR count). The number of ether oxygens (including phenoxy) is 1. The van der Waals surface area contributed by atoms with Gasteiger partial charge in [-0.2, -0.15) is 0 Å². The van der Waals surface area contributed by atoms with Crippen LogP contribution in [0, 0.1) is 12.3 Å². The van der Waals surface area contributed by atoms with Crippen LogP contribution in [0.25, 0.3) is 0 Å². The van der Waals surface area contributed by atoms with Crippen LogP contribution in [-0.4, -0.2) is 25.4 Å². The Morgan fingerprint density at radius 1 is 1.30 bits per heavy atom. The lowest BCUT2D eigenvalue weighted by Gasteiger charge is -2.36. The topological polar surface area (TPSA) is 41.5 Å². The second kappa shape index (κ2) is 6.81. The Morgan fingerprint density at radius 2 is 2.00 bits per heavy atom. The van der Waals surface area contributed by atoms with E-state index in [1.807, 2.05) is 6.07 Å². The lowest BCUT2D eigenvalue weighted by atomic mass is 9.74. The molecule has 1 saturated carbocycles. The summed E-state index contributed by atoms with van der Waals surface area (Å²) < 4.78 is 6.48. The number of hydrogen-bond donors (Lipinski definition) is 2. The second-order valence-electron chi connectivity index (χ2n) is 5.87. The van der Waals surface area contributed by atoms with Crippen LogP contribution in [0.5, 0.6) is 5.75 Å². The Labute approximate surface area is 129 Å². The monoisotopic (exact) mass is 341 g/mol. The summed E-state index contributed by atoms with van der Waals surface area (Å²) in [5.41, 5.74) is 2.22. The lowest BCUT2D eigenvalue weighted by molar-refractivity contribution is 0.0943. The van der Waals surface area contributed by atoms with Gasteiger partial charge in [0.25, 0.3) is 0 Å². The normalized spacial score (nSPS) is 17.8. The van der Waals surface area contributed by atoms with Crippen LogP contribution in [0.2, 0.25) is 0 Å². The van der Waals surface area contributed by atoms with Crippen molar-refractivity contribution >= 4 is 21.6 Å². The van der Waals surface area contributed by atoms with E-state index in [9.17, 15) is 5.11 Å². The average molecular weight is 342 g/mol. The van der Waals surface area contributed by atoms with Crippen LogP contribution in [-0.2, 0) is 0 Å². The zero-order valence-corrected chi connectivity index (χ0v) is 13.9. The molecule has 0 heterocycles. The van der Waals surface area contributed by atoms with Gasteiger partial charge in [0.05, 0.1) is 19.4 Å². The number of hydrogen-bond acceptors (Lipinski definition) is 3. The third kappa shape index (κ3) is 3.47. The molecule has 2 N–H and O–H groups in total. The highest BCUT2D eigenvalue weighted by molar-refractivity contribution is 9.10. The van der Waals surface area contributed by atoms with Gasteiger partial charge in [0.15, 0.2) is 0 Å². The first-order valence-corrected chi connectivity index (χ1v) is 8.08. The molecule has 0 aliphatic heterocycles. The molecule has 112 valence electrons. The zero-order valence-electron chi connectivity index (χ0n) is 12.3. The summed E-state index contributed by atoms with van der Waals surface area (Å²) in [7, 11) is 1.69. The van der Waals surface area contributed by atoms with E-state index < -0.39 is 0 Å². The minimum atomic E-state index is 0.0305. The summed E-state index contributed by atoms with van der Waals surface area (Å²) in [6, 6.07) is 4.05. The van der Waals surface area contributed by atoms with Crippen molar-refractivity contribution in [2.24, 2.45) is 5.41 Å². The van der Waals surface area contributed by atoms with Crippen LogP contribution in [0.1, 0.15) is 37.7 Å². The van der Waals surface area contributed by atoms with E-state index >= 15 is 0 Å². The van der Waals surface area contributed by atoms with Gasteiger partial charge in [0.1, 0.15) is 5.75 Å². The first-order valence-electron chi connectivity index (χ1n) is 7.29. The SMILES string of the molecule is COc1cc(Br)cc(C)c1NCC1(CO)CCCCC1. The van der Waals surface area contributed by atoms with Gasteiger partial charge < -0.3 is 15.2 Å². The Balaban J connectivity index is 2.13. The Bertz CT molecular complexity index is 456. The van der Waals surface area contributed by atoms with Gasteiger partial charge in [0.2, 0.25) is 0 Å². The molecule has 0 atom stereocenters. The molecule has 3 nitrogen and oxygen atoms in total. The van der Waals surface area contributed by atoms with E-state index in [4.69, 9.17) is 4.74 Å². The van der Waals surface area contributed by atoms with Gasteiger partial charge in [-0.15, -0.1) is 0 Å². The third-order valence-corrected chi connectivity index (χ3v) is 4.83. The van der Waals surface area contributed by atoms with E-state index in [-0.39, 0.29) is 12.0 Å². The number of aliphatic hydroxyl groups is 1. The second-order valence-corrected chi connectivity index (χ2v) is 6.79. The van der Waals surface area contributed by atoms with Crippen molar-refractivity contribution in [3.05, 3.63) is 22.2 Å². The van der Waals surface area contributed by atoms with Crippen molar-refractivity contribution in [3.8, 4) is 5.75 Å². The lowest BCUT2D eigenvalue weighted by Crippen LogP contribution is -2.35. The van der Waals surface area contributed by atoms with Gasteiger partial charge in [0, 0.05) is 16.4 Å². The number of benzene rings is 1. The predicted octanol–water partition coefficient (Wildman–Crippen LogP) is 4.12. The molecular weight excluding hydrogens is 318 g/mol. The standard InChI is InChI=1S/C16H24BrNO2/c1-12-8-13(17)9-14(20-2)15(12)18-10-16(11-19)6-4-3-5-7-16/h8-9,18-19H,3-7,10-11H2,1-2H3. The summed E-state index contributed by atoms with van der Waals surface area (Å²) in [6.45, 7) is 3.14. The largest absolute Gasteiger partial charge is 0.495 e. The molecule has 0 bridgehead atoms. The number of aliphatic hydroxyl groups excluding tert-OH is 1. The van der Waals surface area contributed by atoms with Crippen LogP contribution in [0.15, 0.2) is 16.6 Å². The zero-order chi connectivity index (χ0) is 14.6. The maximum atomic E-state index is 9.78. The molecule has 4 heteroatoms. The molecule has 0 saturated heterocycles. The quantitative estimate of drug-likeness (QED) is 0.846. The molecule has 0 spiro atoms. The summed E-state index contributed by atoms with van der Waals surface area (Å²) in [5, 5.41) is 13.3. The van der Waals surface area contributed by atoms with Crippen molar-refractivity contribution in [2.45, 2.75) is 39.0 Å². The molecule has 1 aliphatic carbocycles. The van der Waals surface area contributed by atoms with Crippen LogP contribution in [0.3, 0.4) is 0 Å². The average Bonchev–Trinajstić information content (AvgIpc) is 2.46. The van der Waals surface area contributed by atoms with Crippen LogP contribution in [0.4, 0.5) is 5.69 Å². The van der Waals surface area contributed by atoms with Gasteiger partial charge in [-0.25, -0.2) is 0 Å². The van der Waals surface area contributed by atoms with E-state index in [0.29, 0.717) is 0 Å². The third-order valence-electron chi connectivity index (χ3n) is 4.37. The molecule has 0 amide bonds. The molecule has 0 radical (unpaired) electrons. The number of rotatable bonds is 5. The van der Waals surface area contributed by atoms with Gasteiger partial charge >= 0.3 is 0 Å². The minimum Gasteiger partial charge on any atom is -0.495 e. The van der Waals surface area contributed by atoms with Crippen LogP contribution < -0.4 is 10.1 Å². The fraction of sp³-hybridized carbons (Fsp3) is 0.625. The highest BCUT2D eigenvalue weighted by atomic mass is 79.9. The number of anilines is 1. The summed E-state index contributed by atoms with van der Waals surface area (Å²) in [6.07, 6.45) is 5.95. The van der Waals surface area contributed by atoms with Gasteiger partial charge in [-0.3, -0.25) is 0 Å².